The number of rotatable bonds is 3. The largest absolute Gasteiger partial charge is 0.456 e. The Hall–Kier alpha value is -1.63. The minimum atomic E-state index is -0.890. The molecular formula is C13H20O7. The van der Waals surface area contributed by atoms with Gasteiger partial charge in [0, 0.05) is 20.8 Å². The molecule has 0 bridgehead atoms. The fourth-order valence-electron chi connectivity index (χ4n) is 2.25. The first-order valence-corrected chi connectivity index (χ1v) is 6.39. The Morgan fingerprint density at radius 1 is 0.700 bits per heavy atom. The van der Waals surface area contributed by atoms with Crippen LogP contribution in [-0.4, -0.2) is 48.4 Å². The normalized spacial score (nSPS) is 33.1. The third-order valence-electron chi connectivity index (χ3n) is 2.91. The minimum Gasteiger partial charge on any atom is -0.456 e. The molecule has 7 heteroatoms. The Kier molecular flexibility index (Phi) is 5.50. The van der Waals surface area contributed by atoms with E-state index in [4.69, 9.17) is 18.9 Å². The van der Waals surface area contributed by atoms with Crippen LogP contribution in [0.25, 0.3) is 0 Å². The highest BCUT2D eigenvalue weighted by Gasteiger charge is 2.48. The molecule has 1 saturated heterocycles. The number of esters is 3. The molecule has 114 valence electrons. The second kappa shape index (κ2) is 6.69. The highest BCUT2D eigenvalue weighted by molar-refractivity contribution is 5.68. The van der Waals surface area contributed by atoms with E-state index in [0.29, 0.717) is 0 Å². The number of hydrogen-bond donors (Lipinski definition) is 0. The van der Waals surface area contributed by atoms with Crippen molar-refractivity contribution in [3.8, 4) is 0 Å². The lowest BCUT2D eigenvalue weighted by Gasteiger charge is -2.42. The topological polar surface area (TPSA) is 88.1 Å². The number of carbonyl (C=O) groups excluding carboxylic acids is 3. The maximum atomic E-state index is 11.2. The van der Waals surface area contributed by atoms with E-state index in [-0.39, 0.29) is 0 Å². The molecule has 1 aliphatic rings. The van der Waals surface area contributed by atoms with Crippen LogP contribution in [0.5, 0.6) is 0 Å². The molecule has 20 heavy (non-hydrogen) atoms. The van der Waals surface area contributed by atoms with Crippen molar-refractivity contribution >= 4 is 17.9 Å². The van der Waals surface area contributed by atoms with Gasteiger partial charge in [-0.2, -0.15) is 0 Å². The number of ether oxygens (including phenoxy) is 4. The fourth-order valence-corrected chi connectivity index (χ4v) is 2.25. The lowest BCUT2D eigenvalue weighted by Crippen LogP contribution is -2.59. The van der Waals surface area contributed by atoms with Crippen molar-refractivity contribution in [2.45, 2.75) is 65.1 Å². The number of carbonyl (C=O) groups is 3. The summed E-state index contributed by atoms with van der Waals surface area (Å²) in [5.74, 6) is -1.61. The van der Waals surface area contributed by atoms with Gasteiger partial charge in [0.15, 0.2) is 18.3 Å². The van der Waals surface area contributed by atoms with E-state index in [0.717, 1.165) is 0 Å². The zero-order valence-corrected chi connectivity index (χ0v) is 12.2. The van der Waals surface area contributed by atoms with Gasteiger partial charge in [0.2, 0.25) is 0 Å². The van der Waals surface area contributed by atoms with Crippen LogP contribution in [0, 0.1) is 0 Å². The van der Waals surface area contributed by atoms with Crippen LogP contribution >= 0.6 is 0 Å². The monoisotopic (exact) mass is 288 g/mol. The molecule has 1 rings (SSSR count). The van der Waals surface area contributed by atoms with E-state index in [1.54, 1.807) is 13.8 Å². The van der Waals surface area contributed by atoms with E-state index in [2.05, 4.69) is 0 Å². The van der Waals surface area contributed by atoms with Gasteiger partial charge in [-0.3, -0.25) is 14.4 Å². The molecule has 0 radical (unpaired) electrons. The van der Waals surface area contributed by atoms with E-state index >= 15 is 0 Å². The van der Waals surface area contributed by atoms with E-state index in [9.17, 15) is 14.4 Å². The molecule has 5 atom stereocenters. The molecule has 0 aromatic carbocycles. The van der Waals surface area contributed by atoms with Crippen molar-refractivity contribution < 1.29 is 33.3 Å². The molecule has 3 unspecified atom stereocenters. The summed E-state index contributed by atoms with van der Waals surface area (Å²) in [6, 6.07) is 0. The van der Waals surface area contributed by atoms with Gasteiger partial charge in [0.05, 0.1) is 12.2 Å². The summed E-state index contributed by atoms with van der Waals surface area (Å²) in [7, 11) is 0. The molecule has 0 aromatic rings. The molecule has 1 heterocycles. The van der Waals surface area contributed by atoms with Crippen molar-refractivity contribution in [3.05, 3.63) is 0 Å². The maximum Gasteiger partial charge on any atom is 0.303 e. The molecule has 7 nitrogen and oxygen atoms in total. The molecule has 0 spiro atoms. The van der Waals surface area contributed by atoms with Crippen molar-refractivity contribution in [1.29, 1.82) is 0 Å². The highest BCUT2D eigenvalue weighted by Crippen LogP contribution is 2.28. The van der Waals surface area contributed by atoms with Crippen molar-refractivity contribution in [3.63, 3.8) is 0 Å². The predicted molar refractivity (Wildman–Crippen MR) is 66.7 cm³/mol. The van der Waals surface area contributed by atoms with Crippen LogP contribution < -0.4 is 0 Å². The van der Waals surface area contributed by atoms with Gasteiger partial charge < -0.3 is 18.9 Å². The van der Waals surface area contributed by atoms with E-state index < -0.39 is 48.4 Å². The van der Waals surface area contributed by atoms with Crippen LogP contribution in [0.15, 0.2) is 0 Å². The smallest absolute Gasteiger partial charge is 0.303 e. The third-order valence-corrected chi connectivity index (χ3v) is 2.91. The zero-order valence-electron chi connectivity index (χ0n) is 12.2. The van der Waals surface area contributed by atoms with E-state index in [1.165, 1.54) is 20.8 Å². The maximum absolute atomic E-state index is 11.2. The van der Waals surface area contributed by atoms with Gasteiger partial charge in [0.1, 0.15) is 0 Å². The summed E-state index contributed by atoms with van der Waals surface area (Å²) < 4.78 is 21.1. The molecule has 0 saturated carbocycles. The van der Waals surface area contributed by atoms with Crippen LogP contribution in [0.4, 0.5) is 0 Å². The quantitative estimate of drug-likeness (QED) is 0.554. The number of hydrogen-bond acceptors (Lipinski definition) is 7. The summed E-state index contributed by atoms with van der Waals surface area (Å²) in [6.07, 6.45) is -3.50. The molecule has 0 amide bonds. The van der Waals surface area contributed by atoms with Crippen molar-refractivity contribution in [2.24, 2.45) is 0 Å². The molecule has 1 aliphatic heterocycles. The second-order valence-corrected chi connectivity index (χ2v) is 4.77. The Bertz CT molecular complexity index is 364. The van der Waals surface area contributed by atoms with Gasteiger partial charge in [-0.15, -0.1) is 0 Å². The van der Waals surface area contributed by atoms with Gasteiger partial charge in [-0.1, -0.05) is 0 Å². The molecular weight excluding hydrogens is 268 g/mol. The summed E-state index contributed by atoms with van der Waals surface area (Å²) >= 11 is 0. The minimum absolute atomic E-state index is 0.481. The standard InChI is InChI=1S/C13H20O7/c1-6-11(18-8(3)14)13(20-10(5)16)12(7(2)17-6)19-9(4)15/h6-7,11-13H,1-5H3/t6?,7?,11-,12?,13-/m0/s1. The highest BCUT2D eigenvalue weighted by atomic mass is 16.6. The van der Waals surface area contributed by atoms with Crippen molar-refractivity contribution in [2.75, 3.05) is 0 Å². The molecule has 1 fully saturated rings. The molecule has 0 N–H and O–H groups in total. The summed E-state index contributed by atoms with van der Waals surface area (Å²) in [4.78, 5) is 33.6. The van der Waals surface area contributed by atoms with E-state index in [1.807, 2.05) is 0 Å². The lowest BCUT2D eigenvalue weighted by molar-refractivity contribution is -0.240. The zero-order chi connectivity index (χ0) is 15.4. The fraction of sp³-hybridized carbons (Fsp3) is 0.769. The lowest BCUT2D eigenvalue weighted by atomic mass is 9.95. The summed E-state index contributed by atoms with van der Waals surface area (Å²) in [6.45, 7) is 7.13. The van der Waals surface area contributed by atoms with Gasteiger partial charge in [-0.25, -0.2) is 0 Å². The summed E-state index contributed by atoms with van der Waals surface area (Å²) in [5, 5.41) is 0. The first kappa shape index (κ1) is 16.4. The van der Waals surface area contributed by atoms with Crippen LogP contribution in [0.1, 0.15) is 34.6 Å². The average molecular weight is 288 g/mol. The summed E-state index contributed by atoms with van der Waals surface area (Å²) in [5.41, 5.74) is 0. The van der Waals surface area contributed by atoms with Crippen LogP contribution in [0.3, 0.4) is 0 Å². The van der Waals surface area contributed by atoms with Crippen LogP contribution in [-0.2, 0) is 33.3 Å². The first-order valence-electron chi connectivity index (χ1n) is 6.39. The van der Waals surface area contributed by atoms with Crippen LogP contribution in [0.2, 0.25) is 0 Å². The Balaban J connectivity index is 3.01. The third kappa shape index (κ3) is 4.19. The SMILES string of the molecule is CC(=O)OC1C(C)OC(C)[C@H](OC(C)=O)[C@@H]1OC(C)=O. The van der Waals surface area contributed by atoms with Crippen molar-refractivity contribution in [1.82, 2.24) is 0 Å². The molecule has 0 aliphatic carbocycles. The Labute approximate surface area is 117 Å². The van der Waals surface area contributed by atoms with Gasteiger partial charge in [-0.05, 0) is 13.8 Å². The Morgan fingerprint density at radius 3 is 1.30 bits per heavy atom. The van der Waals surface area contributed by atoms with Gasteiger partial charge >= 0.3 is 17.9 Å². The van der Waals surface area contributed by atoms with Gasteiger partial charge in [0.25, 0.3) is 0 Å². The average Bonchev–Trinajstić information content (AvgIpc) is 2.27. The first-order chi connectivity index (χ1) is 9.22. The predicted octanol–water partition coefficient (Wildman–Crippen LogP) is 0.589. The Morgan fingerprint density at radius 2 is 1.00 bits per heavy atom. The second-order valence-electron chi connectivity index (χ2n) is 4.77. The molecule has 0 aromatic heterocycles.